The summed E-state index contributed by atoms with van der Waals surface area (Å²) in [5.41, 5.74) is 8.83. The molecule has 1 aromatic rings. The highest BCUT2D eigenvalue weighted by molar-refractivity contribution is 5.27. The van der Waals surface area contributed by atoms with E-state index in [2.05, 4.69) is 38.1 Å². The van der Waals surface area contributed by atoms with Crippen molar-refractivity contribution in [1.82, 2.24) is 0 Å². The molecule has 0 spiro atoms. The van der Waals surface area contributed by atoms with E-state index in [-0.39, 0.29) is 12.1 Å². The highest BCUT2D eigenvalue weighted by Gasteiger charge is 2.23. The molecule has 2 N–H and O–H groups in total. The van der Waals surface area contributed by atoms with E-state index in [0.29, 0.717) is 5.92 Å². The van der Waals surface area contributed by atoms with Crippen LogP contribution in [0.1, 0.15) is 56.2 Å². The molecule has 0 radical (unpaired) electrons. The molecular formula is C15H23NO. The molecule has 0 saturated carbocycles. The van der Waals surface area contributed by atoms with Gasteiger partial charge in [0, 0.05) is 6.61 Å². The quantitative estimate of drug-likeness (QED) is 0.865. The van der Waals surface area contributed by atoms with Gasteiger partial charge in [-0.25, -0.2) is 0 Å². The Morgan fingerprint density at radius 1 is 1.29 bits per heavy atom. The minimum Gasteiger partial charge on any atom is -0.376 e. The van der Waals surface area contributed by atoms with Gasteiger partial charge in [0.05, 0.1) is 12.1 Å². The van der Waals surface area contributed by atoms with Gasteiger partial charge in [0.15, 0.2) is 0 Å². The Morgan fingerprint density at radius 2 is 1.94 bits per heavy atom. The number of nitrogens with two attached hydrogens (primary N) is 1. The molecule has 1 aromatic carbocycles. The monoisotopic (exact) mass is 233 g/mol. The molecule has 17 heavy (non-hydrogen) atoms. The first-order valence-electron chi connectivity index (χ1n) is 6.69. The lowest BCUT2D eigenvalue weighted by atomic mass is 9.94. The van der Waals surface area contributed by atoms with Gasteiger partial charge < -0.3 is 10.5 Å². The van der Waals surface area contributed by atoms with Crippen LogP contribution < -0.4 is 5.73 Å². The van der Waals surface area contributed by atoms with Gasteiger partial charge in [0.2, 0.25) is 0 Å². The molecule has 2 nitrogen and oxygen atoms in total. The van der Waals surface area contributed by atoms with Crippen LogP contribution in [0.15, 0.2) is 24.3 Å². The molecule has 1 fully saturated rings. The van der Waals surface area contributed by atoms with Crippen LogP contribution >= 0.6 is 0 Å². The molecule has 2 heteroatoms. The second-order valence-corrected chi connectivity index (χ2v) is 5.05. The van der Waals surface area contributed by atoms with Crippen molar-refractivity contribution < 1.29 is 4.74 Å². The van der Waals surface area contributed by atoms with Crippen LogP contribution in [0.4, 0.5) is 0 Å². The first-order valence-corrected chi connectivity index (χ1v) is 6.69. The predicted octanol–water partition coefficient (Wildman–Crippen LogP) is 3.38. The van der Waals surface area contributed by atoms with E-state index in [9.17, 15) is 0 Å². The van der Waals surface area contributed by atoms with Crippen LogP contribution in [0.5, 0.6) is 0 Å². The van der Waals surface area contributed by atoms with Crippen LogP contribution in [0.3, 0.4) is 0 Å². The lowest BCUT2D eigenvalue weighted by molar-refractivity contribution is 0.0900. The number of benzene rings is 1. The first kappa shape index (κ1) is 12.6. The fourth-order valence-corrected chi connectivity index (χ4v) is 2.38. The third kappa shape index (κ3) is 2.88. The zero-order chi connectivity index (χ0) is 12.3. The summed E-state index contributed by atoms with van der Waals surface area (Å²) in [5, 5.41) is 0. The molecule has 0 bridgehead atoms. The van der Waals surface area contributed by atoms with E-state index in [1.807, 2.05) is 0 Å². The van der Waals surface area contributed by atoms with Crippen molar-refractivity contribution in [3.8, 4) is 0 Å². The minimum absolute atomic E-state index is 0.0310. The summed E-state index contributed by atoms with van der Waals surface area (Å²) in [4.78, 5) is 0. The van der Waals surface area contributed by atoms with Crippen molar-refractivity contribution in [2.24, 2.45) is 5.73 Å². The topological polar surface area (TPSA) is 35.2 Å². The van der Waals surface area contributed by atoms with Crippen molar-refractivity contribution in [1.29, 1.82) is 0 Å². The van der Waals surface area contributed by atoms with E-state index in [1.165, 1.54) is 17.5 Å². The van der Waals surface area contributed by atoms with Crippen LogP contribution in [0.25, 0.3) is 0 Å². The fourth-order valence-electron chi connectivity index (χ4n) is 2.38. The summed E-state index contributed by atoms with van der Waals surface area (Å²) >= 11 is 0. The highest BCUT2D eigenvalue weighted by atomic mass is 16.5. The van der Waals surface area contributed by atoms with Gasteiger partial charge in [-0.05, 0) is 36.3 Å². The number of ether oxygens (including phenoxy) is 1. The number of rotatable bonds is 4. The third-order valence-electron chi connectivity index (χ3n) is 3.87. The van der Waals surface area contributed by atoms with Crippen LogP contribution in [0, 0.1) is 0 Å². The summed E-state index contributed by atoms with van der Waals surface area (Å²) in [7, 11) is 0. The Bertz CT molecular complexity index is 340. The van der Waals surface area contributed by atoms with Crippen molar-refractivity contribution >= 4 is 0 Å². The highest BCUT2D eigenvalue weighted by Crippen LogP contribution is 2.26. The van der Waals surface area contributed by atoms with Gasteiger partial charge in [-0.15, -0.1) is 0 Å². The molecule has 94 valence electrons. The average molecular weight is 233 g/mol. The zero-order valence-corrected chi connectivity index (χ0v) is 10.9. The zero-order valence-electron chi connectivity index (χ0n) is 10.9. The maximum Gasteiger partial charge on any atom is 0.0768 e. The molecule has 1 aliphatic heterocycles. The van der Waals surface area contributed by atoms with E-state index in [4.69, 9.17) is 10.5 Å². The number of hydrogen-bond donors (Lipinski definition) is 1. The smallest absolute Gasteiger partial charge is 0.0768 e. The van der Waals surface area contributed by atoms with Crippen molar-refractivity contribution in [3.05, 3.63) is 35.4 Å². The lowest BCUT2D eigenvalue weighted by Crippen LogP contribution is -2.25. The van der Waals surface area contributed by atoms with E-state index >= 15 is 0 Å². The van der Waals surface area contributed by atoms with Gasteiger partial charge in [-0.3, -0.25) is 0 Å². The predicted molar refractivity (Wildman–Crippen MR) is 71.1 cm³/mol. The van der Waals surface area contributed by atoms with Gasteiger partial charge in [-0.1, -0.05) is 38.1 Å². The second-order valence-electron chi connectivity index (χ2n) is 5.05. The van der Waals surface area contributed by atoms with E-state index in [1.54, 1.807) is 0 Å². The van der Waals surface area contributed by atoms with Crippen molar-refractivity contribution in [2.45, 2.75) is 51.2 Å². The van der Waals surface area contributed by atoms with Gasteiger partial charge in [0.1, 0.15) is 0 Å². The van der Waals surface area contributed by atoms with Crippen molar-refractivity contribution in [2.75, 3.05) is 6.61 Å². The molecule has 0 amide bonds. The largest absolute Gasteiger partial charge is 0.376 e. The van der Waals surface area contributed by atoms with Crippen LogP contribution in [0.2, 0.25) is 0 Å². The minimum atomic E-state index is 0.0310. The molecule has 2 rings (SSSR count). The molecule has 3 unspecified atom stereocenters. The molecule has 0 aliphatic carbocycles. The second kappa shape index (κ2) is 5.65. The third-order valence-corrected chi connectivity index (χ3v) is 3.87. The summed E-state index contributed by atoms with van der Waals surface area (Å²) in [5.74, 6) is 0.628. The van der Waals surface area contributed by atoms with E-state index in [0.717, 1.165) is 19.4 Å². The average Bonchev–Trinajstić information content (AvgIpc) is 2.91. The summed E-state index contributed by atoms with van der Waals surface area (Å²) < 4.78 is 5.64. The number of hydrogen-bond acceptors (Lipinski definition) is 2. The van der Waals surface area contributed by atoms with Crippen LogP contribution in [-0.2, 0) is 4.74 Å². The summed E-state index contributed by atoms with van der Waals surface area (Å²) in [6.45, 7) is 5.34. The maximum atomic E-state index is 6.23. The molecule has 1 saturated heterocycles. The Labute approximate surface area is 104 Å². The Kier molecular flexibility index (Phi) is 4.19. The standard InChI is InChI=1S/C15H23NO/c1-3-11(2)12-6-8-13(9-7-12)15(16)14-5-4-10-17-14/h6-9,11,14-15H,3-5,10,16H2,1-2H3. The first-order chi connectivity index (χ1) is 8.22. The SMILES string of the molecule is CCC(C)c1ccc(C(N)C2CCCO2)cc1. The van der Waals surface area contributed by atoms with Gasteiger partial charge in [0.25, 0.3) is 0 Å². The summed E-state index contributed by atoms with van der Waals surface area (Å²) in [6, 6.07) is 8.77. The molecule has 1 aliphatic rings. The Hall–Kier alpha value is -0.860. The fraction of sp³-hybridized carbons (Fsp3) is 0.600. The van der Waals surface area contributed by atoms with Gasteiger partial charge in [-0.2, -0.15) is 0 Å². The van der Waals surface area contributed by atoms with Crippen molar-refractivity contribution in [3.63, 3.8) is 0 Å². The Balaban J connectivity index is 2.06. The lowest BCUT2D eigenvalue weighted by Gasteiger charge is -2.19. The normalized spacial score (nSPS) is 23.6. The molecular weight excluding hydrogens is 210 g/mol. The molecule has 3 atom stereocenters. The van der Waals surface area contributed by atoms with Crippen LogP contribution in [-0.4, -0.2) is 12.7 Å². The Morgan fingerprint density at radius 3 is 2.47 bits per heavy atom. The van der Waals surface area contributed by atoms with E-state index < -0.39 is 0 Å². The molecule has 1 heterocycles. The maximum absolute atomic E-state index is 6.23. The summed E-state index contributed by atoms with van der Waals surface area (Å²) in [6.07, 6.45) is 3.62. The molecule has 0 aromatic heterocycles. The van der Waals surface area contributed by atoms with Gasteiger partial charge >= 0.3 is 0 Å².